The second-order valence-corrected chi connectivity index (χ2v) is 3.94. The summed E-state index contributed by atoms with van der Waals surface area (Å²) >= 11 is 0. The topological polar surface area (TPSA) is 192 Å². The molecule has 2 atom stereocenters. The fraction of sp³-hybridized carbons (Fsp3) is 0.818. The van der Waals surface area contributed by atoms with Gasteiger partial charge in [-0.2, -0.15) is 0 Å². The third-order valence-electron chi connectivity index (χ3n) is 1.52. The molecular weight excluding hydrogens is 370 g/mol. The van der Waals surface area contributed by atoms with E-state index in [0.717, 1.165) is 0 Å². The summed E-state index contributed by atoms with van der Waals surface area (Å²) in [6.07, 6.45) is 0. The van der Waals surface area contributed by atoms with Gasteiger partial charge in [0, 0.05) is 0 Å². The highest BCUT2D eigenvalue weighted by Crippen LogP contribution is 1.99. The molecule has 2 unspecified atom stereocenters. The zero-order chi connectivity index (χ0) is 17.2. The first kappa shape index (κ1) is 31.0. The van der Waals surface area contributed by atoms with E-state index in [1.54, 1.807) is 0 Å². The summed E-state index contributed by atoms with van der Waals surface area (Å²) in [5, 5.41) is 16.8. The Kier molecular flexibility index (Phi) is 39.0. The molecule has 13 heteroatoms. The van der Waals surface area contributed by atoms with Gasteiger partial charge in [0.1, 0.15) is 35.4 Å². The van der Waals surface area contributed by atoms with Gasteiger partial charge in [0.2, 0.25) is 0 Å². The summed E-state index contributed by atoms with van der Waals surface area (Å²) in [6, 6.07) is 0. The van der Waals surface area contributed by atoms with E-state index in [-0.39, 0.29) is 71.2 Å². The fourth-order valence-electron chi connectivity index (χ4n) is 0.834. The van der Waals surface area contributed by atoms with Crippen LogP contribution in [0.1, 0.15) is 7.43 Å². The molecule has 0 aliphatic rings. The summed E-state index contributed by atoms with van der Waals surface area (Å²) in [6.45, 7) is -0.877. The van der Waals surface area contributed by atoms with Crippen LogP contribution in [0.3, 0.4) is 0 Å². The molecule has 24 heavy (non-hydrogen) atoms. The lowest BCUT2D eigenvalue weighted by molar-refractivity contribution is -0.157. The highest BCUT2D eigenvalue weighted by Gasteiger charge is 2.05. The number of hydrogen-bond donors (Lipinski definition) is 2. The minimum Gasteiger partial charge on any atom is -0.460 e. The van der Waals surface area contributed by atoms with E-state index in [2.05, 4.69) is 9.47 Å². The highest BCUT2D eigenvalue weighted by atomic mass is 32.0. The lowest BCUT2D eigenvalue weighted by Gasteiger charge is -2.06. The van der Waals surface area contributed by atoms with E-state index < -0.39 is 20.0 Å². The Hall–Kier alpha value is -0.770. The number of ether oxygens (including phenoxy) is 4. The van der Waals surface area contributed by atoms with E-state index in [0.29, 0.717) is 0 Å². The quantitative estimate of drug-likeness (QED) is 0.221. The standard InChI is InChI=1S/C10H18O8.CH4.H2OP2.2H2O/c11-1-3-15-7-9(13)17-5-6-18-10(14)8-16-4-2-12;;1-3-2;;/h11-12H,1-8H2;1H4;2H2;2*1H2/p+1/i/hD. The maximum atomic E-state index is 11.0. The van der Waals surface area contributed by atoms with Crippen LogP contribution in [0, 0.1) is 0 Å². The second-order valence-electron chi connectivity index (χ2n) is 3.10. The number of hydrogen-bond acceptors (Lipinski definition) is 9. The van der Waals surface area contributed by atoms with Gasteiger partial charge in [-0.05, 0) is 0 Å². The predicted molar refractivity (Wildman–Crippen MR) is 90.4 cm³/mol. The van der Waals surface area contributed by atoms with Crippen LogP contribution in [0.2, 0.25) is 0 Å². The Morgan fingerprint density at radius 3 is 1.46 bits per heavy atom. The van der Waals surface area contributed by atoms with E-state index in [9.17, 15) is 14.2 Å². The van der Waals surface area contributed by atoms with Gasteiger partial charge < -0.3 is 40.1 Å². The van der Waals surface area contributed by atoms with Gasteiger partial charge in [0.15, 0.2) is 0 Å². The molecule has 6 N–H and O–H groups in total. The van der Waals surface area contributed by atoms with Gasteiger partial charge >= 0.3 is 21.3 Å². The molecule has 148 valence electrons. The monoisotopic (exact) mass is 400 g/mol. The second kappa shape index (κ2) is 30.1. The van der Waals surface area contributed by atoms with Crippen LogP contribution in [-0.2, 0) is 33.1 Å². The average molecular weight is 400 g/mol. The van der Waals surface area contributed by atoms with Crippen molar-refractivity contribution in [1.82, 2.24) is 0 Å². The SMILES string of the molecule is C.O.O.O=C(COCCO)OCCOC(=O)COCCO.[2H][P+](=O)P. The lowest BCUT2D eigenvalue weighted by Crippen LogP contribution is -2.20. The number of carbonyl (C=O) groups excluding carboxylic acids is 2. The van der Waals surface area contributed by atoms with Crippen LogP contribution in [-0.4, -0.2) is 87.2 Å². The van der Waals surface area contributed by atoms with Crippen LogP contribution in [0.25, 0.3) is 0 Å². The van der Waals surface area contributed by atoms with Crippen LogP contribution in [0.15, 0.2) is 0 Å². The van der Waals surface area contributed by atoms with Gasteiger partial charge in [-0.15, -0.1) is 0 Å². The van der Waals surface area contributed by atoms with Crippen molar-refractivity contribution in [3.05, 3.63) is 0 Å². The molecule has 0 saturated carbocycles. The van der Waals surface area contributed by atoms with Gasteiger partial charge in [-0.1, -0.05) is 12.0 Å². The summed E-state index contributed by atoms with van der Waals surface area (Å²) in [5.74, 6) is -1.20. The van der Waals surface area contributed by atoms with E-state index in [1.807, 2.05) is 8.93 Å². The molecule has 0 saturated heterocycles. The number of rotatable bonds is 11. The van der Waals surface area contributed by atoms with Gasteiger partial charge in [-0.25, -0.2) is 9.59 Å². The van der Waals surface area contributed by atoms with Crippen molar-refractivity contribution >= 4 is 29.0 Å². The first-order valence-corrected chi connectivity index (χ1v) is 8.26. The Morgan fingerprint density at radius 2 is 1.21 bits per heavy atom. The molecule has 0 radical (unpaired) electrons. The first-order chi connectivity index (χ1) is 10.4. The number of aliphatic hydroxyl groups excluding tert-OH is 2. The molecule has 0 aliphatic carbocycles. The zero-order valence-corrected chi connectivity index (χ0v) is 14.5. The molecule has 0 amide bonds. The molecule has 0 spiro atoms. The molecule has 0 heterocycles. The van der Waals surface area contributed by atoms with Crippen molar-refractivity contribution < 1.29 is 54.3 Å². The van der Waals surface area contributed by atoms with Crippen molar-refractivity contribution in [3.8, 4) is 0 Å². The number of esters is 2. The predicted octanol–water partition coefficient (Wildman–Crippen LogP) is -2.12. The average Bonchev–Trinajstić information content (AvgIpc) is 2.43. The maximum absolute atomic E-state index is 11.0. The van der Waals surface area contributed by atoms with Crippen LogP contribution >= 0.6 is 17.0 Å². The molecule has 0 rings (SSSR count). The molecular formula is C11H29O11P2+. The van der Waals surface area contributed by atoms with Crippen LogP contribution in [0.5, 0.6) is 0 Å². The van der Waals surface area contributed by atoms with Gasteiger partial charge in [0.05, 0.1) is 26.4 Å². The lowest BCUT2D eigenvalue weighted by atomic mass is 10.6. The van der Waals surface area contributed by atoms with Crippen molar-refractivity contribution in [2.75, 3.05) is 52.9 Å². The van der Waals surface area contributed by atoms with Crippen LogP contribution in [0.4, 0.5) is 0 Å². The normalized spacial score (nSPS) is 9.46. The Morgan fingerprint density at radius 1 is 0.917 bits per heavy atom. The van der Waals surface area contributed by atoms with E-state index in [4.69, 9.17) is 21.0 Å². The fourth-order valence-corrected chi connectivity index (χ4v) is 0.834. The third-order valence-corrected chi connectivity index (χ3v) is 1.52. The Bertz CT molecular complexity index is 292. The van der Waals surface area contributed by atoms with Crippen molar-refractivity contribution in [2.45, 2.75) is 7.43 Å². The first-order valence-electron chi connectivity index (χ1n) is 6.28. The van der Waals surface area contributed by atoms with Crippen LogP contribution < -0.4 is 0 Å². The number of carbonyl (C=O) groups is 2. The molecule has 0 bridgehead atoms. The van der Waals surface area contributed by atoms with E-state index >= 15 is 0 Å². The van der Waals surface area contributed by atoms with E-state index in [1.165, 1.54) is 0 Å². The molecule has 0 aromatic heterocycles. The molecule has 0 aliphatic heterocycles. The summed E-state index contributed by atoms with van der Waals surface area (Å²) < 4.78 is 34.0. The Balaban J connectivity index is -0.000000171. The number of aliphatic hydroxyl groups is 2. The molecule has 0 aromatic rings. The highest BCUT2D eigenvalue weighted by molar-refractivity contribution is 7.96. The van der Waals surface area contributed by atoms with Crippen molar-refractivity contribution in [1.29, 1.82) is 1.28 Å². The molecule has 0 fully saturated rings. The maximum Gasteiger partial charge on any atom is 0.390 e. The minimum absolute atomic E-state index is 0. The molecule has 11 nitrogen and oxygen atoms in total. The molecule has 0 aromatic carbocycles. The van der Waals surface area contributed by atoms with Gasteiger partial charge in [0.25, 0.3) is 0 Å². The summed E-state index contributed by atoms with van der Waals surface area (Å²) in [7, 11) is 0.130. The van der Waals surface area contributed by atoms with Crippen molar-refractivity contribution in [2.24, 2.45) is 0 Å². The van der Waals surface area contributed by atoms with Gasteiger partial charge in [-0.3, -0.25) is 0 Å². The smallest absolute Gasteiger partial charge is 0.390 e. The summed E-state index contributed by atoms with van der Waals surface area (Å²) in [4.78, 5) is 21.9. The third kappa shape index (κ3) is 33.0. The minimum atomic E-state index is -1.70. The summed E-state index contributed by atoms with van der Waals surface area (Å²) in [5.41, 5.74) is 0. The Labute approximate surface area is 145 Å². The largest absolute Gasteiger partial charge is 0.460 e. The van der Waals surface area contributed by atoms with Crippen molar-refractivity contribution in [3.63, 3.8) is 0 Å². The zero-order valence-electron chi connectivity index (χ0n) is 13.4.